The number of rotatable bonds is 8. The molecule has 1 spiro atoms. The number of ether oxygens (including phenoxy) is 2. The van der Waals surface area contributed by atoms with Gasteiger partial charge in [0.15, 0.2) is 0 Å². The molecule has 0 atom stereocenters. The summed E-state index contributed by atoms with van der Waals surface area (Å²) in [6.45, 7) is 9.42. The maximum absolute atomic E-state index is 7.65. The van der Waals surface area contributed by atoms with E-state index in [1.165, 1.54) is 44.5 Å². The van der Waals surface area contributed by atoms with Gasteiger partial charge in [0.2, 0.25) is 0 Å². The first-order chi connectivity index (χ1) is 40.6. The van der Waals surface area contributed by atoms with E-state index in [9.17, 15) is 0 Å². The zero-order valence-corrected chi connectivity index (χ0v) is 46.8. The number of para-hydroxylation sites is 2. The molecule has 12 aromatic carbocycles. The van der Waals surface area contributed by atoms with E-state index in [-0.39, 0.29) is 10.8 Å². The molecule has 0 N–H and O–H groups in total. The van der Waals surface area contributed by atoms with Gasteiger partial charge in [0.05, 0.1) is 5.41 Å². The van der Waals surface area contributed by atoms with Crippen LogP contribution in [0.5, 0.6) is 23.0 Å². The standard InChI is InChI=1S/C79H58N2O2/c1-77(2)65-31-13-11-29-61(65)63-41-37-57(47-71(63)77)80(55-27-19-25-53(45-55)51-21-7-5-8-22-51)59-39-43-69-75(49-59)83-76-50-60(40-44-70(76)79(69)67-33-15-17-35-73(67)82-74-36-18-16-34-68(74)79)81(56-28-20-26-54(46-56)52-23-9-6-10-24-52)58-38-42-64-62-30-12-14-32-66(62)78(3,4)72(64)48-58/h5-50H,1-4H3. The smallest absolute Gasteiger partial charge is 0.134 e. The molecule has 0 saturated carbocycles. The molecule has 0 radical (unpaired) electrons. The first-order valence-electron chi connectivity index (χ1n) is 28.9. The van der Waals surface area contributed by atoms with Crippen molar-refractivity contribution in [2.24, 2.45) is 0 Å². The molecule has 0 bridgehead atoms. The molecule has 2 heterocycles. The molecule has 0 amide bonds. The number of fused-ring (bicyclic) bond motifs is 14. The normalized spacial score (nSPS) is 14.5. The molecule has 396 valence electrons. The van der Waals surface area contributed by atoms with Crippen LogP contribution in [-0.2, 0) is 16.2 Å². The monoisotopic (exact) mass is 1070 g/mol. The number of benzene rings is 12. The molecule has 0 fully saturated rings. The Hall–Kier alpha value is -10.2. The average molecular weight is 1070 g/mol. The Morgan fingerprint density at radius 2 is 0.554 bits per heavy atom. The van der Waals surface area contributed by atoms with Crippen molar-refractivity contribution in [2.45, 2.75) is 43.9 Å². The minimum Gasteiger partial charge on any atom is -0.457 e. The van der Waals surface area contributed by atoms with Crippen LogP contribution in [0.15, 0.2) is 279 Å². The van der Waals surface area contributed by atoms with Crippen molar-refractivity contribution >= 4 is 34.1 Å². The quantitative estimate of drug-likeness (QED) is 0.151. The molecule has 16 rings (SSSR count). The summed E-state index contributed by atoms with van der Waals surface area (Å²) in [6, 6.07) is 102. The van der Waals surface area contributed by atoms with Gasteiger partial charge in [0, 0.05) is 79.3 Å². The lowest BCUT2D eigenvalue weighted by molar-refractivity contribution is 0.399. The van der Waals surface area contributed by atoms with Crippen molar-refractivity contribution in [1.82, 2.24) is 0 Å². The Bertz CT molecular complexity index is 4300. The Kier molecular flexibility index (Phi) is 10.8. The van der Waals surface area contributed by atoms with E-state index in [4.69, 9.17) is 9.47 Å². The molecule has 0 aromatic heterocycles. The van der Waals surface area contributed by atoms with E-state index in [1.54, 1.807) is 0 Å². The van der Waals surface area contributed by atoms with E-state index in [2.05, 4.69) is 317 Å². The predicted octanol–water partition coefficient (Wildman–Crippen LogP) is 21.2. The topological polar surface area (TPSA) is 24.9 Å². The van der Waals surface area contributed by atoms with Gasteiger partial charge >= 0.3 is 0 Å². The lowest BCUT2D eigenvalue weighted by Crippen LogP contribution is -2.37. The lowest BCUT2D eigenvalue weighted by Gasteiger charge is -2.45. The van der Waals surface area contributed by atoms with Crippen LogP contribution in [0.25, 0.3) is 44.5 Å². The van der Waals surface area contributed by atoms with Crippen molar-refractivity contribution in [1.29, 1.82) is 0 Å². The summed E-state index contributed by atoms with van der Waals surface area (Å²) in [5, 5.41) is 0. The Morgan fingerprint density at radius 3 is 1.01 bits per heavy atom. The number of hydrogen-bond acceptors (Lipinski definition) is 4. The van der Waals surface area contributed by atoms with E-state index in [0.717, 1.165) is 102 Å². The molecule has 4 aliphatic rings. The van der Waals surface area contributed by atoms with E-state index in [0.29, 0.717) is 0 Å². The maximum atomic E-state index is 7.65. The summed E-state index contributed by atoms with van der Waals surface area (Å²) in [7, 11) is 0. The molecule has 12 aromatic rings. The summed E-state index contributed by atoms with van der Waals surface area (Å²) in [5.41, 5.74) is 24.2. The van der Waals surface area contributed by atoms with E-state index >= 15 is 0 Å². The van der Waals surface area contributed by atoms with Gasteiger partial charge in [-0.25, -0.2) is 0 Å². The molecule has 4 nitrogen and oxygen atoms in total. The van der Waals surface area contributed by atoms with Crippen LogP contribution in [0.4, 0.5) is 34.1 Å². The van der Waals surface area contributed by atoms with Gasteiger partial charge < -0.3 is 19.3 Å². The van der Waals surface area contributed by atoms with Crippen LogP contribution >= 0.6 is 0 Å². The van der Waals surface area contributed by atoms with Gasteiger partial charge in [-0.05, 0) is 140 Å². The van der Waals surface area contributed by atoms with Gasteiger partial charge in [0.1, 0.15) is 23.0 Å². The highest BCUT2D eigenvalue weighted by Gasteiger charge is 2.51. The fourth-order valence-corrected chi connectivity index (χ4v) is 14.4. The fourth-order valence-electron chi connectivity index (χ4n) is 14.4. The fraction of sp³-hybridized carbons (Fsp3) is 0.0886. The lowest BCUT2D eigenvalue weighted by atomic mass is 9.62. The number of hydrogen-bond donors (Lipinski definition) is 0. The second-order valence-corrected chi connectivity index (χ2v) is 23.6. The highest BCUT2D eigenvalue weighted by molar-refractivity contribution is 5.90. The third-order valence-electron chi connectivity index (χ3n) is 18.4. The van der Waals surface area contributed by atoms with Gasteiger partial charge in [-0.15, -0.1) is 0 Å². The van der Waals surface area contributed by atoms with Crippen LogP contribution in [0, 0.1) is 0 Å². The first kappa shape index (κ1) is 48.7. The summed E-state index contributed by atoms with van der Waals surface area (Å²) in [4.78, 5) is 4.82. The molecule has 0 unspecified atom stereocenters. The van der Waals surface area contributed by atoms with Crippen molar-refractivity contribution < 1.29 is 9.47 Å². The van der Waals surface area contributed by atoms with Crippen molar-refractivity contribution in [3.05, 3.63) is 324 Å². The van der Waals surface area contributed by atoms with Gasteiger partial charge in [0.25, 0.3) is 0 Å². The summed E-state index contributed by atoms with van der Waals surface area (Å²) in [5.74, 6) is 3.18. The Morgan fingerprint density at radius 1 is 0.229 bits per heavy atom. The molecule has 2 aliphatic heterocycles. The zero-order chi connectivity index (χ0) is 55.6. The maximum Gasteiger partial charge on any atom is 0.134 e. The minimum absolute atomic E-state index is 0.201. The van der Waals surface area contributed by atoms with Crippen LogP contribution in [0.1, 0.15) is 72.2 Å². The Balaban J connectivity index is 0.918. The average Bonchev–Trinajstić information content (AvgIpc) is 1.96. The van der Waals surface area contributed by atoms with Crippen LogP contribution < -0.4 is 19.3 Å². The highest BCUT2D eigenvalue weighted by Crippen LogP contribution is 2.63. The summed E-state index contributed by atoms with van der Waals surface area (Å²) < 4.78 is 14.5. The number of nitrogens with zero attached hydrogens (tertiary/aromatic N) is 2. The number of anilines is 6. The highest BCUT2D eigenvalue weighted by atomic mass is 16.5. The molecule has 83 heavy (non-hydrogen) atoms. The predicted molar refractivity (Wildman–Crippen MR) is 340 cm³/mol. The summed E-state index contributed by atoms with van der Waals surface area (Å²) >= 11 is 0. The van der Waals surface area contributed by atoms with Crippen molar-refractivity contribution in [3.63, 3.8) is 0 Å². The Labute approximate surface area is 485 Å². The van der Waals surface area contributed by atoms with Crippen molar-refractivity contribution in [2.75, 3.05) is 9.80 Å². The molecular weight excluding hydrogens is 1010 g/mol. The minimum atomic E-state index is -0.825. The van der Waals surface area contributed by atoms with Gasteiger partial charge in [-0.2, -0.15) is 0 Å². The molecular formula is C79H58N2O2. The third-order valence-corrected chi connectivity index (χ3v) is 18.4. The SMILES string of the molecule is CC1(C)c2ccccc2-c2ccc(N(c3cccc(-c4ccccc4)c3)c3ccc4c(c3)Oc3cc(N(c5cccc(-c6ccccc6)c5)c5ccc6c(c5)C(C)(C)c5ccccc5-6)ccc3C43c4ccccc4Oc4ccccc43)cc21. The summed E-state index contributed by atoms with van der Waals surface area (Å²) in [6.07, 6.45) is 0. The van der Waals surface area contributed by atoms with Crippen LogP contribution in [0.3, 0.4) is 0 Å². The first-order valence-corrected chi connectivity index (χ1v) is 28.9. The molecule has 4 heteroatoms. The zero-order valence-electron chi connectivity index (χ0n) is 46.8. The van der Waals surface area contributed by atoms with Crippen LogP contribution in [0.2, 0.25) is 0 Å². The third kappa shape index (κ3) is 7.38. The van der Waals surface area contributed by atoms with Gasteiger partial charge in [-0.1, -0.05) is 222 Å². The van der Waals surface area contributed by atoms with Gasteiger partial charge in [-0.3, -0.25) is 0 Å². The second-order valence-electron chi connectivity index (χ2n) is 23.6. The van der Waals surface area contributed by atoms with E-state index < -0.39 is 5.41 Å². The largest absolute Gasteiger partial charge is 0.457 e. The van der Waals surface area contributed by atoms with Crippen molar-refractivity contribution in [3.8, 4) is 67.5 Å². The molecule has 0 saturated heterocycles. The van der Waals surface area contributed by atoms with Crippen LogP contribution in [-0.4, -0.2) is 0 Å². The second kappa shape index (κ2) is 18.4. The molecule has 2 aliphatic carbocycles. The van der Waals surface area contributed by atoms with E-state index in [1.807, 2.05) is 0 Å².